The van der Waals surface area contributed by atoms with Crippen molar-refractivity contribution in [1.29, 1.82) is 0 Å². The summed E-state index contributed by atoms with van der Waals surface area (Å²) in [7, 11) is 0. The predicted molar refractivity (Wildman–Crippen MR) is 258 cm³/mol. The fraction of sp³-hybridized carbons (Fsp3) is 0. The summed E-state index contributed by atoms with van der Waals surface area (Å²) in [5.74, 6) is 0. The smallest absolute Gasteiger partial charge is 0.135 e. The van der Waals surface area contributed by atoms with Crippen LogP contribution in [0.25, 0.3) is 99.3 Å². The third kappa shape index (κ3) is 6.16. The van der Waals surface area contributed by atoms with Crippen molar-refractivity contribution in [1.82, 2.24) is 9.97 Å². The molecule has 0 aliphatic rings. The van der Waals surface area contributed by atoms with Crippen molar-refractivity contribution < 1.29 is 4.42 Å². The first kappa shape index (κ1) is 35.6. The quantitative estimate of drug-likeness (QED) is 0.151. The van der Waals surface area contributed by atoms with Gasteiger partial charge in [0.1, 0.15) is 11.2 Å². The maximum Gasteiger partial charge on any atom is 0.135 e. The molecule has 290 valence electrons. The van der Waals surface area contributed by atoms with Crippen molar-refractivity contribution in [2.45, 2.75) is 0 Å². The minimum absolute atomic E-state index is 0.877. The van der Waals surface area contributed by atoms with Crippen molar-refractivity contribution in [3.05, 3.63) is 224 Å². The largest absolute Gasteiger partial charge is 0.456 e. The summed E-state index contributed by atoms with van der Waals surface area (Å²) in [4.78, 5) is 13.0. The van der Waals surface area contributed by atoms with E-state index in [0.717, 1.165) is 105 Å². The third-order valence-corrected chi connectivity index (χ3v) is 12.0. The molecule has 0 aliphatic heterocycles. The summed E-state index contributed by atoms with van der Waals surface area (Å²) >= 11 is 0. The van der Waals surface area contributed by atoms with Crippen molar-refractivity contribution >= 4 is 71.6 Å². The van der Waals surface area contributed by atoms with Gasteiger partial charge < -0.3 is 9.32 Å². The molecule has 0 unspecified atom stereocenters. The van der Waals surface area contributed by atoms with Crippen LogP contribution in [0.4, 0.5) is 17.1 Å². The number of benzene rings is 10. The average molecular weight is 792 g/mol. The van der Waals surface area contributed by atoms with E-state index < -0.39 is 0 Å². The Hall–Kier alpha value is -8.34. The monoisotopic (exact) mass is 791 g/mol. The highest BCUT2D eigenvalue weighted by Gasteiger charge is 2.18. The van der Waals surface area contributed by atoms with Crippen molar-refractivity contribution in [2.24, 2.45) is 0 Å². The van der Waals surface area contributed by atoms with E-state index in [1.165, 1.54) is 11.1 Å². The molecule has 0 bridgehead atoms. The van der Waals surface area contributed by atoms with E-state index in [9.17, 15) is 0 Å². The van der Waals surface area contributed by atoms with Gasteiger partial charge in [0.05, 0.1) is 22.4 Å². The van der Waals surface area contributed by atoms with Crippen molar-refractivity contribution in [3.8, 4) is 44.8 Å². The van der Waals surface area contributed by atoms with Crippen LogP contribution in [0, 0.1) is 0 Å². The molecule has 62 heavy (non-hydrogen) atoms. The molecule has 0 atom stereocenters. The van der Waals surface area contributed by atoms with Crippen molar-refractivity contribution in [3.63, 3.8) is 0 Å². The molecule has 12 rings (SSSR count). The zero-order valence-corrected chi connectivity index (χ0v) is 33.6. The Labute approximate surface area is 358 Å². The van der Waals surface area contributed by atoms with Gasteiger partial charge in [0.2, 0.25) is 0 Å². The maximum atomic E-state index is 6.22. The molecule has 0 aliphatic carbocycles. The number of furan rings is 1. The average Bonchev–Trinajstić information content (AvgIpc) is 3.72. The summed E-state index contributed by atoms with van der Waals surface area (Å²) in [5, 5.41) is 6.76. The summed E-state index contributed by atoms with van der Waals surface area (Å²) in [6.07, 6.45) is 0. The minimum Gasteiger partial charge on any atom is -0.456 e. The molecule has 4 heteroatoms. The number of hydrogen-bond donors (Lipinski definition) is 0. The molecule has 12 aromatic rings. The van der Waals surface area contributed by atoms with E-state index >= 15 is 0 Å². The number of fused-ring (bicyclic) bond motifs is 8. The summed E-state index contributed by atoms with van der Waals surface area (Å²) in [6.45, 7) is 0. The van der Waals surface area contributed by atoms with Gasteiger partial charge in [-0.2, -0.15) is 0 Å². The van der Waals surface area contributed by atoms with Crippen LogP contribution >= 0.6 is 0 Å². The number of rotatable bonds is 7. The second kappa shape index (κ2) is 14.7. The van der Waals surface area contributed by atoms with Gasteiger partial charge >= 0.3 is 0 Å². The Morgan fingerprint density at radius 1 is 0.323 bits per heavy atom. The highest BCUT2D eigenvalue weighted by Crippen LogP contribution is 2.41. The Morgan fingerprint density at radius 3 is 1.53 bits per heavy atom. The van der Waals surface area contributed by atoms with Crippen LogP contribution in [0.5, 0.6) is 0 Å². The van der Waals surface area contributed by atoms with Crippen LogP contribution in [0.3, 0.4) is 0 Å². The molecule has 0 radical (unpaired) electrons. The highest BCUT2D eigenvalue weighted by atomic mass is 16.3. The summed E-state index contributed by atoms with van der Waals surface area (Å²) in [5.41, 5.74) is 15.3. The van der Waals surface area contributed by atoms with Crippen LogP contribution in [0.1, 0.15) is 0 Å². The normalized spacial score (nSPS) is 11.5. The van der Waals surface area contributed by atoms with Crippen LogP contribution in [-0.4, -0.2) is 9.97 Å². The van der Waals surface area contributed by atoms with Crippen LogP contribution < -0.4 is 4.90 Å². The molecule has 10 aromatic carbocycles. The molecule has 2 aromatic heterocycles. The van der Waals surface area contributed by atoms with Crippen LogP contribution in [-0.2, 0) is 0 Å². The molecule has 0 saturated heterocycles. The Morgan fingerprint density at radius 2 is 0.839 bits per heavy atom. The number of anilines is 3. The standard InChI is InChI=1S/C58H37N3O/c1-4-12-38(13-5-1)39-22-28-46(29-23-39)61(48-32-35-54-51(37-48)50-18-10-11-19-53(50)62-54)47-30-24-40(25-31-47)44-26-33-49-45(36-44)21-20-41-27-34-52-58(55(41)49)60-57(43-16-8-3-9-17-43)56(59-52)42-14-6-2-7-15-42/h1-37H. The molecule has 0 amide bonds. The Balaban J connectivity index is 0.950. The van der Waals surface area contributed by atoms with E-state index in [1.807, 2.05) is 24.3 Å². The van der Waals surface area contributed by atoms with Crippen LogP contribution in [0.2, 0.25) is 0 Å². The second-order valence-electron chi connectivity index (χ2n) is 15.8. The van der Waals surface area contributed by atoms with Gasteiger partial charge in [-0.05, 0) is 99.1 Å². The van der Waals surface area contributed by atoms with Gasteiger partial charge in [-0.15, -0.1) is 0 Å². The number of hydrogen-bond acceptors (Lipinski definition) is 4. The van der Waals surface area contributed by atoms with Gasteiger partial charge in [0.15, 0.2) is 0 Å². The number of nitrogens with zero attached hydrogens (tertiary/aromatic N) is 3. The Kier molecular flexibility index (Phi) is 8.46. The lowest BCUT2D eigenvalue weighted by atomic mass is 9.96. The van der Waals surface area contributed by atoms with Gasteiger partial charge in [-0.3, -0.25) is 0 Å². The topological polar surface area (TPSA) is 42.2 Å². The number of para-hydroxylation sites is 1. The van der Waals surface area contributed by atoms with Gasteiger partial charge in [0, 0.05) is 44.3 Å². The SMILES string of the molecule is c1ccc(-c2ccc(N(c3ccc(-c4ccc5c(ccc6ccc7nc(-c8ccccc8)c(-c8ccccc8)nc7c65)c4)cc3)c3ccc4oc5ccccc5c4c3)cc2)cc1. The summed E-state index contributed by atoms with van der Waals surface area (Å²) < 4.78 is 6.22. The van der Waals surface area contributed by atoms with Gasteiger partial charge in [-0.25, -0.2) is 9.97 Å². The van der Waals surface area contributed by atoms with E-state index in [2.05, 4.69) is 205 Å². The lowest BCUT2D eigenvalue weighted by Gasteiger charge is -2.26. The molecule has 0 spiro atoms. The molecule has 0 fully saturated rings. The van der Waals surface area contributed by atoms with Crippen molar-refractivity contribution in [2.75, 3.05) is 4.90 Å². The third-order valence-electron chi connectivity index (χ3n) is 12.0. The lowest BCUT2D eigenvalue weighted by Crippen LogP contribution is -2.09. The van der Waals surface area contributed by atoms with Gasteiger partial charge in [0.25, 0.3) is 0 Å². The van der Waals surface area contributed by atoms with E-state index in [-0.39, 0.29) is 0 Å². The van der Waals surface area contributed by atoms with E-state index in [4.69, 9.17) is 14.4 Å². The minimum atomic E-state index is 0.877. The maximum absolute atomic E-state index is 6.22. The fourth-order valence-electron chi connectivity index (χ4n) is 8.98. The summed E-state index contributed by atoms with van der Waals surface area (Å²) in [6, 6.07) is 79.2. The van der Waals surface area contributed by atoms with Gasteiger partial charge in [-0.1, -0.05) is 164 Å². The predicted octanol–water partition coefficient (Wildman–Crippen LogP) is 16.0. The van der Waals surface area contributed by atoms with E-state index in [1.54, 1.807) is 0 Å². The molecular weight excluding hydrogens is 755 g/mol. The first-order valence-corrected chi connectivity index (χ1v) is 21.0. The molecule has 4 nitrogen and oxygen atoms in total. The van der Waals surface area contributed by atoms with Crippen LogP contribution in [0.15, 0.2) is 229 Å². The molecular formula is C58H37N3O. The molecule has 2 heterocycles. The Bertz CT molecular complexity index is 3600. The first-order valence-electron chi connectivity index (χ1n) is 21.0. The fourth-order valence-corrected chi connectivity index (χ4v) is 8.98. The molecule has 0 saturated carbocycles. The second-order valence-corrected chi connectivity index (χ2v) is 15.8. The lowest BCUT2D eigenvalue weighted by molar-refractivity contribution is 0.669. The first-order chi connectivity index (χ1) is 30.7. The molecule has 0 N–H and O–H groups in total. The highest BCUT2D eigenvalue weighted by molar-refractivity contribution is 6.19. The number of aromatic nitrogens is 2. The zero-order valence-electron chi connectivity index (χ0n) is 33.6. The zero-order chi connectivity index (χ0) is 41.0. The van der Waals surface area contributed by atoms with E-state index in [0.29, 0.717) is 0 Å².